The molecule has 1 heterocycles. The van der Waals surface area contributed by atoms with Crippen molar-refractivity contribution in [3.05, 3.63) is 35.4 Å². The third-order valence-electron chi connectivity index (χ3n) is 6.08. The Morgan fingerprint density at radius 1 is 1.15 bits per heavy atom. The van der Waals surface area contributed by atoms with Crippen molar-refractivity contribution in [1.29, 1.82) is 0 Å². The van der Waals surface area contributed by atoms with Crippen molar-refractivity contribution in [2.24, 2.45) is 10.9 Å². The van der Waals surface area contributed by atoms with E-state index in [1.54, 1.807) is 19.0 Å². The van der Waals surface area contributed by atoms with Crippen LogP contribution in [-0.2, 0) is 11.2 Å². The summed E-state index contributed by atoms with van der Waals surface area (Å²) in [6.45, 7) is 9.29. The van der Waals surface area contributed by atoms with Crippen LogP contribution in [-0.4, -0.2) is 73.9 Å². The van der Waals surface area contributed by atoms with Crippen LogP contribution in [0.2, 0.25) is 0 Å². The van der Waals surface area contributed by atoms with E-state index in [9.17, 15) is 9.59 Å². The van der Waals surface area contributed by atoms with E-state index >= 15 is 0 Å². The van der Waals surface area contributed by atoms with E-state index in [0.29, 0.717) is 24.1 Å². The molecule has 0 aliphatic carbocycles. The maximum Gasteiger partial charge on any atom is 0.253 e. The summed E-state index contributed by atoms with van der Waals surface area (Å²) in [5.41, 5.74) is 1.81. The first kappa shape index (κ1) is 29.2. The van der Waals surface area contributed by atoms with Gasteiger partial charge in [-0.25, -0.2) is 0 Å². The van der Waals surface area contributed by atoms with Gasteiger partial charge >= 0.3 is 0 Å². The second-order valence-electron chi connectivity index (χ2n) is 8.67. The molecule has 0 radical (unpaired) electrons. The summed E-state index contributed by atoms with van der Waals surface area (Å²) in [6.07, 6.45) is 4.47. The molecule has 0 bridgehead atoms. The number of halogens is 1. The molecule has 1 fully saturated rings. The summed E-state index contributed by atoms with van der Waals surface area (Å²) in [5.74, 6) is 1.30. The van der Waals surface area contributed by atoms with Crippen LogP contribution in [0.5, 0.6) is 0 Å². The molecule has 8 heteroatoms. The number of carbonyl (C=O) groups excluding carboxylic acids is 2. The van der Waals surface area contributed by atoms with Gasteiger partial charge in [0.05, 0.1) is 0 Å². The van der Waals surface area contributed by atoms with Gasteiger partial charge in [-0.1, -0.05) is 26.0 Å². The summed E-state index contributed by atoms with van der Waals surface area (Å²) in [4.78, 5) is 33.2. The molecule has 186 valence electrons. The normalized spacial score (nSPS) is 14.6. The third-order valence-corrected chi connectivity index (χ3v) is 6.08. The fourth-order valence-corrected chi connectivity index (χ4v) is 4.07. The molecule has 1 aromatic rings. The predicted molar refractivity (Wildman–Crippen MR) is 146 cm³/mol. The lowest BCUT2D eigenvalue weighted by atomic mass is 9.98. The Balaban J connectivity index is 0.00000544. The highest BCUT2D eigenvalue weighted by Crippen LogP contribution is 2.17. The molecule has 0 unspecified atom stereocenters. The number of likely N-dealkylation sites (tertiary alicyclic amines) is 1. The van der Waals surface area contributed by atoms with Gasteiger partial charge in [0.25, 0.3) is 5.91 Å². The average molecular weight is 572 g/mol. The van der Waals surface area contributed by atoms with Crippen LogP contribution in [0.25, 0.3) is 0 Å². The monoisotopic (exact) mass is 571 g/mol. The van der Waals surface area contributed by atoms with Crippen LogP contribution >= 0.6 is 24.0 Å². The molecule has 0 aromatic heterocycles. The van der Waals surface area contributed by atoms with Crippen LogP contribution in [0.1, 0.15) is 62.4 Å². The van der Waals surface area contributed by atoms with Gasteiger partial charge in [-0.15, -0.1) is 24.0 Å². The average Bonchev–Trinajstić information content (AvgIpc) is 2.80. The van der Waals surface area contributed by atoms with Crippen LogP contribution < -0.4 is 10.6 Å². The van der Waals surface area contributed by atoms with Crippen LogP contribution in [0.15, 0.2) is 29.3 Å². The van der Waals surface area contributed by atoms with Gasteiger partial charge in [0, 0.05) is 57.8 Å². The Morgan fingerprint density at radius 3 is 2.39 bits per heavy atom. The summed E-state index contributed by atoms with van der Waals surface area (Å²) in [6, 6.07) is 8.08. The van der Waals surface area contributed by atoms with Crippen molar-refractivity contribution in [2.75, 3.05) is 40.3 Å². The minimum absolute atomic E-state index is 0. The second-order valence-corrected chi connectivity index (χ2v) is 8.67. The molecule has 1 aromatic carbocycles. The van der Waals surface area contributed by atoms with Crippen LogP contribution in [0.3, 0.4) is 0 Å². The van der Waals surface area contributed by atoms with Crippen LogP contribution in [0, 0.1) is 5.92 Å². The molecule has 2 rings (SSSR count). The number of benzene rings is 1. The summed E-state index contributed by atoms with van der Waals surface area (Å²) in [5, 5.41) is 6.87. The number of nitrogens with zero attached hydrogens (tertiary/aromatic N) is 3. The number of hydrogen-bond donors (Lipinski definition) is 2. The van der Waals surface area contributed by atoms with Gasteiger partial charge in [-0.3, -0.25) is 14.6 Å². The number of nitrogens with one attached hydrogen (secondary N) is 2. The molecule has 0 saturated carbocycles. The Bertz CT molecular complexity index is 772. The van der Waals surface area contributed by atoms with Gasteiger partial charge in [-0.2, -0.15) is 0 Å². The highest BCUT2D eigenvalue weighted by atomic mass is 127. The largest absolute Gasteiger partial charge is 0.357 e. The van der Waals surface area contributed by atoms with Crippen LogP contribution in [0.4, 0.5) is 0 Å². The molecular formula is C25H42IN5O2. The van der Waals surface area contributed by atoms with Gasteiger partial charge < -0.3 is 20.4 Å². The first-order valence-electron chi connectivity index (χ1n) is 12.0. The Hall–Kier alpha value is -1.84. The van der Waals surface area contributed by atoms with Crippen molar-refractivity contribution in [1.82, 2.24) is 20.4 Å². The van der Waals surface area contributed by atoms with E-state index in [2.05, 4.69) is 31.4 Å². The molecular weight excluding hydrogens is 529 g/mol. The maximum absolute atomic E-state index is 12.6. The van der Waals surface area contributed by atoms with E-state index in [4.69, 9.17) is 4.99 Å². The fraction of sp³-hybridized carbons (Fsp3) is 0.640. The third kappa shape index (κ3) is 9.14. The van der Waals surface area contributed by atoms with E-state index in [-0.39, 0.29) is 35.8 Å². The standard InChI is InChI=1S/C25H41N5O2.HI/c1-6-20(7-2)24(32)30-16-13-22(14-17-30)28-25(26-8-3)27-15-12-19-10-9-11-21(18-19)23(31)29(4)5;/h9-11,18,20,22H,6-8,12-17H2,1-5H3,(H2,26,27,28);1H. The molecule has 1 aliphatic heterocycles. The Kier molecular flexibility index (Phi) is 13.4. The van der Waals surface area contributed by atoms with E-state index < -0.39 is 0 Å². The smallest absolute Gasteiger partial charge is 0.253 e. The number of rotatable bonds is 9. The number of aliphatic imine (C=N–C) groups is 1. The SMILES string of the molecule is CCNC(=NCCc1cccc(C(=O)N(C)C)c1)NC1CCN(C(=O)C(CC)CC)CC1.I. The quantitative estimate of drug-likeness (QED) is 0.270. The first-order chi connectivity index (χ1) is 15.4. The number of guanidine groups is 1. The van der Waals surface area contributed by atoms with Crippen molar-refractivity contribution in [3.63, 3.8) is 0 Å². The summed E-state index contributed by atoms with van der Waals surface area (Å²) >= 11 is 0. The first-order valence-corrected chi connectivity index (χ1v) is 12.0. The molecule has 2 N–H and O–H groups in total. The molecule has 1 aliphatic rings. The number of hydrogen-bond acceptors (Lipinski definition) is 3. The molecule has 0 spiro atoms. The second kappa shape index (κ2) is 15.1. The summed E-state index contributed by atoms with van der Waals surface area (Å²) < 4.78 is 0. The minimum Gasteiger partial charge on any atom is -0.357 e. The lowest BCUT2D eigenvalue weighted by Gasteiger charge is -2.34. The van der Waals surface area contributed by atoms with Gasteiger partial charge in [0.2, 0.25) is 5.91 Å². The Labute approximate surface area is 216 Å². The van der Waals surface area contributed by atoms with Crippen molar-refractivity contribution >= 4 is 41.8 Å². The van der Waals surface area contributed by atoms with E-state index in [1.807, 2.05) is 29.2 Å². The highest BCUT2D eigenvalue weighted by molar-refractivity contribution is 14.0. The summed E-state index contributed by atoms with van der Waals surface area (Å²) in [7, 11) is 3.53. The maximum atomic E-state index is 12.6. The zero-order valence-corrected chi connectivity index (χ0v) is 23.2. The molecule has 2 amide bonds. The van der Waals surface area contributed by atoms with Crippen molar-refractivity contribution in [3.8, 4) is 0 Å². The lowest BCUT2D eigenvalue weighted by molar-refractivity contribution is -0.136. The lowest BCUT2D eigenvalue weighted by Crippen LogP contribution is -2.50. The zero-order chi connectivity index (χ0) is 23.5. The number of amides is 2. The molecule has 33 heavy (non-hydrogen) atoms. The van der Waals surface area contributed by atoms with E-state index in [0.717, 1.165) is 63.3 Å². The van der Waals surface area contributed by atoms with Gasteiger partial charge in [0.15, 0.2) is 5.96 Å². The Morgan fingerprint density at radius 2 is 1.82 bits per heavy atom. The topological polar surface area (TPSA) is 77.0 Å². The van der Waals surface area contributed by atoms with Gasteiger partial charge in [0.1, 0.15) is 0 Å². The molecule has 0 atom stereocenters. The number of piperidine rings is 1. The predicted octanol–water partition coefficient (Wildman–Crippen LogP) is 3.53. The number of carbonyl (C=O) groups is 2. The van der Waals surface area contributed by atoms with Gasteiger partial charge in [-0.05, 0) is 56.7 Å². The molecule has 7 nitrogen and oxygen atoms in total. The zero-order valence-electron chi connectivity index (χ0n) is 20.9. The van der Waals surface area contributed by atoms with Crippen molar-refractivity contribution in [2.45, 2.75) is 58.9 Å². The van der Waals surface area contributed by atoms with Crippen molar-refractivity contribution < 1.29 is 9.59 Å². The highest BCUT2D eigenvalue weighted by Gasteiger charge is 2.26. The molecule has 1 saturated heterocycles. The fourth-order valence-electron chi connectivity index (χ4n) is 4.07. The minimum atomic E-state index is 0. The van der Waals surface area contributed by atoms with E-state index in [1.165, 1.54) is 0 Å².